The second kappa shape index (κ2) is 7.10. The fourth-order valence-corrected chi connectivity index (χ4v) is 3.43. The molecule has 0 bridgehead atoms. The van der Waals surface area contributed by atoms with Crippen LogP contribution in [0.15, 0.2) is 29.6 Å². The lowest BCUT2D eigenvalue weighted by atomic mass is 10.1. The van der Waals surface area contributed by atoms with Gasteiger partial charge in [0.2, 0.25) is 0 Å². The summed E-state index contributed by atoms with van der Waals surface area (Å²) in [6, 6.07) is 8.01. The van der Waals surface area contributed by atoms with Crippen LogP contribution in [0.1, 0.15) is 30.3 Å². The second-order valence-electron chi connectivity index (χ2n) is 5.62. The molecule has 0 spiro atoms. The molecule has 1 fully saturated rings. The Morgan fingerprint density at radius 2 is 2.04 bits per heavy atom. The van der Waals surface area contributed by atoms with Gasteiger partial charge >= 0.3 is 0 Å². The Labute approximate surface area is 140 Å². The fraction of sp³-hybridized carbons (Fsp3) is 0.412. The molecule has 6 heteroatoms. The van der Waals surface area contributed by atoms with E-state index in [-0.39, 0.29) is 11.9 Å². The average Bonchev–Trinajstić information content (AvgIpc) is 3.06. The van der Waals surface area contributed by atoms with Crippen molar-refractivity contribution in [2.75, 3.05) is 19.7 Å². The predicted molar refractivity (Wildman–Crippen MR) is 91.8 cm³/mol. The number of hydrogen-bond acceptors (Lipinski definition) is 5. The molecule has 1 aromatic carbocycles. The molecule has 0 aliphatic carbocycles. The number of hydrogen-bond donors (Lipinski definition) is 1. The van der Waals surface area contributed by atoms with Gasteiger partial charge < -0.3 is 15.4 Å². The van der Waals surface area contributed by atoms with Gasteiger partial charge in [-0.15, -0.1) is 11.3 Å². The van der Waals surface area contributed by atoms with Crippen LogP contribution in [-0.4, -0.2) is 41.5 Å². The SMILES string of the molecule is CCOc1ccc(-c2nc(C(=O)N3CCC(N)CC3)cs2)cc1. The van der Waals surface area contributed by atoms with Gasteiger partial charge in [-0.1, -0.05) is 0 Å². The third-order valence-electron chi connectivity index (χ3n) is 3.96. The molecule has 23 heavy (non-hydrogen) atoms. The molecule has 3 rings (SSSR count). The van der Waals surface area contributed by atoms with Crippen LogP contribution in [0.25, 0.3) is 10.6 Å². The van der Waals surface area contributed by atoms with E-state index in [1.165, 1.54) is 11.3 Å². The van der Waals surface area contributed by atoms with Crippen LogP contribution < -0.4 is 10.5 Å². The Bertz CT molecular complexity index is 661. The smallest absolute Gasteiger partial charge is 0.273 e. The summed E-state index contributed by atoms with van der Waals surface area (Å²) in [5.74, 6) is 0.846. The Morgan fingerprint density at radius 1 is 1.35 bits per heavy atom. The molecule has 2 N–H and O–H groups in total. The van der Waals surface area contributed by atoms with E-state index in [1.54, 1.807) is 0 Å². The molecule has 2 heterocycles. The molecule has 0 radical (unpaired) electrons. The highest BCUT2D eigenvalue weighted by Gasteiger charge is 2.23. The number of piperidine rings is 1. The van der Waals surface area contributed by atoms with Gasteiger partial charge in [-0.05, 0) is 44.0 Å². The van der Waals surface area contributed by atoms with E-state index in [1.807, 2.05) is 41.5 Å². The maximum absolute atomic E-state index is 12.5. The Kier molecular flexibility index (Phi) is 4.93. The minimum absolute atomic E-state index is 0.00494. The summed E-state index contributed by atoms with van der Waals surface area (Å²) >= 11 is 1.49. The number of ether oxygens (including phenoxy) is 1. The maximum atomic E-state index is 12.5. The highest BCUT2D eigenvalue weighted by atomic mass is 32.1. The molecule has 1 aliphatic rings. The molecule has 5 nitrogen and oxygen atoms in total. The molecular formula is C17H21N3O2S. The van der Waals surface area contributed by atoms with Gasteiger partial charge in [-0.2, -0.15) is 0 Å². The molecule has 2 aromatic rings. The topological polar surface area (TPSA) is 68.5 Å². The minimum atomic E-state index is 0.00494. The number of thiazole rings is 1. The van der Waals surface area contributed by atoms with Crippen molar-refractivity contribution < 1.29 is 9.53 Å². The molecular weight excluding hydrogens is 310 g/mol. The third kappa shape index (κ3) is 3.71. The van der Waals surface area contributed by atoms with E-state index in [0.717, 1.165) is 42.3 Å². The van der Waals surface area contributed by atoms with Crippen molar-refractivity contribution in [1.82, 2.24) is 9.88 Å². The number of amides is 1. The predicted octanol–water partition coefficient (Wildman–Crippen LogP) is 2.77. The maximum Gasteiger partial charge on any atom is 0.273 e. The van der Waals surface area contributed by atoms with Crippen molar-refractivity contribution >= 4 is 17.2 Å². The molecule has 0 atom stereocenters. The zero-order valence-corrected chi connectivity index (χ0v) is 14.0. The second-order valence-corrected chi connectivity index (χ2v) is 6.48. The summed E-state index contributed by atoms with van der Waals surface area (Å²) < 4.78 is 5.44. The van der Waals surface area contributed by atoms with Crippen molar-refractivity contribution in [3.8, 4) is 16.3 Å². The number of rotatable bonds is 4. The largest absolute Gasteiger partial charge is 0.494 e. The number of likely N-dealkylation sites (tertiary alicyclic amines) is 1. The lowest BCUT2D eigenvalue weighted by Crippen LogP contribution is -2.42. The zero-order valence-electron chi connectivity index (χ0n) is 13.2. The molecule has 0 saturated carbocycles. The number of aromatic nitrogens is 1. The van der Waals surface area contributed by atoms with E-state index in [0.29, 0.717) is 12.3 Å². The van der Waals surface area contributed by atoms with E-state index in [9.17, 15) is 4.79 Å². The summed E-state index contributed by atoms with van der Waals surface area (Å²) in [7, 11) is 0. The quantitative estimate of drug-likeness (QED) is 0.935. The van der Waals surface area contributed by atoms with E-state index in [4.69, 9.17) is 10.5 Å². The summed E-state index contributed by atoms with van der Waals surface area (Å²) in [5.41, 5.74) is 7.41. The molecule has 122 valence electrons. The summed E-state index contributed by atoms with van der Waals surface area (Å²) in [6.45, 7) is 4.04. The number of nitrogens with two attached hydrogens (primary N) is 1. The third-order valence-corrected chi connectivity index (χ3v) is 4.85. The highest BCUT2D eigenvalue weighted by Crippen LogP contribution is 2.26. The van der Waals surface area contributed by atoms with Gasteiger partial charge in [0.05, 0.1) is 6.61 Å². The van der Waals surface area contributed by atoms with Gasteiger partial charge in [0, 0.05) is 30.1 Å². The molecule has 1 aromatic heterocycles. The summed E-state index contributed by atoms with van der Waals surface area (Å²) in [5, 5.41) is 2.69. The van der Waals surface area contributed by atoms with Crippen molar-refractivity contribution in [3.05, 3.63) is 35.3 Å². The van der Waals surface area contributed by atoms with Crippen LogP contribution in [0.5, 0.6) is 5.75 Å². The van der Waals surface area contributed by atoms with Crippen molar-refractivity contribution in [3.63, 3.8) is 0 Å². The van der Waals surface area contributed by atoms with Crippen LogP contribution in [-0.2, 0) is 0 Å². The number of benzene rings is 1. The van der Waals surface area contributed by atoms with E-state index < -0.39 is 0 Å². The lowest BCUT2D eigenvalue weighted by molar-refractivity contribution is 0.0709. The molecule has 1 aliphatic heterocycles. The van der Waals surface area contributed by atoms with Gasteiger partial charge in [-0.3, -0.25) is 4.79 Å². The van der Waals surface area contributed by atoms with Crippen molar-refractivity contribution in [2.24, 2.45) is 5.73 Å². The first-order valence-electron chi connectivity index (χ1n) is 7.91. The summed E-state index contributed by atoms with van der Waals surface area (Å²) in [6.07, 6.45) is 1.73. The molecule has 0 unspecified atom stereocenters. The van der Waals surface area contributed by atoms with Gasteiger partial charge in [0.25, 0.3) is 5.91 Å². The van der Waals surface area contributed by atoms with Crippen molar-refractivity contribution in [1.29, 1.82) is 0 Å². The zero-order chi connectivity index (χ0) is 16.2. The first-order chi connectivity index (χ1) is 11.2. The van der Waals surface area contributed by atoms with Gasteiger partial charge in [-0.25, -0.2) is 4.98 Å². The molecule has 1 amide bonds. The number of carbonyl (C=O) groups is 1. The minimum Gasteiger partial charge on any atom is -0.494 e. The van der Waals surface area contributed by atoms with Gasteiger partial charge in [0.1, 0.15) is 16.5 Å². The summed E-state index contributed by atoms with van der Waals surface area (Å²) in [4.78, 5) is 18.9. The van der Waals surface area contributed by atoms with Crippen molar-refractivity contribution in [2.45, 2.75) is 25.8 Å². The number of carbonyl (C=O) groups excluding carboxylic acids is 1. The monoisotopic (exact) mass is 331 g/mol. The van der Waals surface area contributed by atoms with Gasteiger partial charge in [0.15, 0.2) is 0 Å². The first-order valence-corrected chi connectivity index (χ1v) is 8.79. The first kappa shape index (κ1) is 16.0. The van der Waals surface area contributed by atoms with Crippen LogP contribution in [0.3, 0.4) is 0 Å². The van der Waals surface area contributed by atoms with Crippen LogP contribution in [0.2, 0.25) is 0 Å². The molecule has 1 saturated heterocycles. The van der Waals surface area contributed by atoms with Crippen LogP contribution in [0, 0.1) is 0 Å². The standard InChI is InChI=1S/C17H21N3O2S/c1-2-22-14-5-3-12(4-6-14)16-19-15(11-23-16)17(21)20-9-7-13(18)8-10-20/h3-6,11,13H,2,7-10,18H2,1H3. The van der Waals surface area contributed by atoms with Crippen LogP contribution in [0.4, 0.5) is 0 Å². The average molecular weight is 331 g/mol. The Balaban J connectivity index is 1.71. The van der Waals surface area contributed by atoms with E-state index in [2.05, 4.69) is 4.98 Å². The Hall–Kier alpha value is -1.92. The Morgan fingerprint density at radius 3 is 2.70 bits per heavy atom. The number of nitrogens with zero attached hydrogens (tertiary/aromatic N) is 2. The van der Waals surface area contributed by atoms with E-state index >= 15 is 0 Å². The normalized spacial score (nSPS) is 15.7. The lowest BCUT2D eigenvalue weighted by Gasteiger charge is -2.29. The highest BCUT2D eigenvalue weighted by molar-refractivity contribution is 7.13. The fourth-order valence-electron chi connectivity index (χ4n) is 2.63. The van der Waals surface area contributed by atoms with Crippen LogP contribution >= 0.6 is 11.3 Å².